The van der Waals surface area contributed by atoms with Gasteiger partial charge in [0.2, 0.25) is 0 Å². The molecule has 0 aliphatic carbocycles. The summed E-state index contributed by atoms with van der Waals surface area (Å²) in [6.07, 6.45) is 0. The van der Waals surface area contributed by atoms with Gasteiger partial charge < -0.3 is 11.5 Å². The first kappa shape index (κ1) is 14.4. The number of fused-ring (bicyclic) bond motifs is 1. The first-order chi connectivity index (χ1) is 8.41. The molecular formula is C12H16N2O3S. The number of rotatable bonds is 1. The predicted molar refractivity (Wildman–Crippen MR) is 73.0 cm³/mol. The molecule has 0 fully saturated rings. The topological polar surface area (TPSA) is 106 Å². The van der Waals surface area contributed by atoms with E-state index >= 15 is 0 Å². The standard InChI is InChI=1S/C11H11NO3S.CH5N/c1-7-3-2-4-9-8(7)5-6-10(12)11(9)16(13,14)15;1-2/h2-6H,12H2,1H3,(H,13,14,15);2H2,1H3. The summed E-state index contributed by atoms with van der Waals surface area (Å²) in [6.45, 7) is 1.87. The second-order valence-electron chi connectivity index (χ2n) is 3.63. The fraction of sp³-hybridized carbons (Fsp3) is 0.167. The number of anilines is 1. The molecule has 2 rings (SSSR count). The van der Waals surface area contributed by atoms with Gasteiger partial charge in [0, 0.05) is 5.39 Å². The number of nitrogens with two attached hydrogens (primary N) is 2. The molecule has 6 heteroatoms. The van der Waals surface area contributed by atoms with Gasteiger partial charge in [-0.1, -0.05) is 24.3 Å². The van der Waals surface area contributed by atoms with E-state index in [9.17, 15) is 8.42 Å². The van der Waals surface area contributed by atoms with E-state index in [2.05, 4.69) is 5.73 Å². The van der Waals surface area contributed by atoms with Crippen molar-refractivity contribution in [1.82, 2.24) is 0 Å². The highest BCUT2D eigenvalue weighted by molar-refractivity contribution is 7.86. The van der Waals surface area contributed by atoms with Gasteiger partial charge in [-0.2, -0.15) is 8.42 Å². The van der Waals surface area contributed by atoms with E-state index in [1.807, 2.05) is 13.0 Å². The Hall–Kier alpha value is -1.63. The SMILES string of the molecule is CN.Cc1cccc2c(S(=O)(=O)O)c(N)ccc12. The Morgan fingerprint density at radius 3 is 2.22 bits per heavy atom. The molecule has 5 N–H and O–H groups in total. The summed E-state index contributed by atoms with van der Waals surface area (Å²) >= 11 is 0. The van der Waals surface area contributed by atoms with Crippen LogP contribution in [-0.2, 0) is 10.1 Å². The smallest absolute Gasteiger partial charge is 0.297 e. The number of hydrogen-bond acceptors (Lipinski definition) is 4. The Bertz CT molecular complexity index is 666. The molecule has 0 saturated carbocycles. The van der Waals surface area contributed by atoms with Crippen LogP contribution in [0.4, 0.5) is 5.69 Å². The second-order valence-corrected chi connectivity index (χ2v) is 4.99. The molecule has 0 atom stereocenters. The van der Waals surface area contributed by atoms with Crippen molar-refractivity contribution in [2.24, 2.45) is 5.73 Å². The lowest BCUT2D eigenvalue weighted by atomic mass is 10.1. The molecule has 0 spiro atoms. The number of hydrogen-bond donors (Lipinski definition) is 3. The Kier molecular flexibility index (Phi) is 4.28. The maximum Gasteiger partial charge on any atom is 0.297 e. The van der Waals surface area contributed by atoms with Gasteiger partial charge in [0.25, 0.3) is 10.1 Å². The minimum atomic E-state index is -4.30. The fourth-order valence-electron chi connectivity index (χ4n) is 1.79. The third-order valence-corrected chi connectivity index (χ3v) is 3.49. The molecule has 0 aromatic heterocycles. The average molecular weight is 268 g/mol. The number of benzene rings is 2. The lowest BCUT2D eigenvalue weighted by Crippen LogP contribution is -2.04. The van der Waals surface area contributed by atoms with Crippen molar-refractivity contribution in [1.29, 1.82) is 0 Å². The van der Waals surface area contributed by atoms with Gasteiger partial charge in [-0.25, -0.2) is 0 Å². The maximum atomic E-state index is 11.3. The zero-order valence-corrected chi connectivity index (χ0v) is 11.0. The summed E-state index contributed by atoms with van der Waals surface area (Å²) < 4.78 is 31.7. The third-order valence-electron chi connectivity index (χ3n) is 2.52. The van der Waals surface area contributed by atoms with E-state index in [1.54, 1.807) is 18.2 Å². The van der Waals surface area contributed by atoms with Crippen molar-refractivity contribution in [3.63, 3.8) is 0 Å². The van der Waals surface area contributed by atoms with E-state index in [0.717, 1.165) is 10.9 Å². The molecule has 18 heavy (non-hydrogen) atoms. The predicted octanol–water partition coefficient (Wildman–Crippen LogP) is 1.55. The van der Waals surface area contributed by atoms with Crippen LogP contribution in [0.1, 0.15) is 5.56 Å². The molecule has 2 aromatic carbocycles. The van der Waals surface area contributed by atoms with Crippen LogP contribution in [0.2, 0.25) is 0 Å². The van der Waals surface area contributed by atoms with E-state index in [4.69, 9.17) is 10.3 Å². The van der Waals surface area contributed by atoms with Crippen LogP contribution in [-0.4, -0.2) is 20.0 Å². The van der Waals surface area contributed by atoms with Crippen LogP contribution in [0.15, 0.2) is 35.2 Å². The van der Waals surface area contributed by atoms with Crippen LogP contribution >= 0.6 is 0 Å². The third kappa shape index (κ3) is 2.61. The molecule has 98 valence electrons. The lowest BCUT2D eigenvalue weighted by molar-refractivity contribution is 0.484. The second kappa shape index (κ2) is 5.34. The normalized spacial score (nSPS) is 10.9. The highest BCUT2D eigenvalue weighted by Gasteiger charge is 2.18. The van der Waals surface area contributed by atoms with E-state index < -0.39 is 10.1 Å². The van der Waals surface area contributed by atoms with Gasteiger partial charge in [0.1, 0.15) is 4.90 Å². The molecule has 0 amide bonds. The summed E-state index contributed by atoms with van der Waals surface area (Å²) in [5.41, 5.74) is 11.1. The molecular weight excluding hydrogens is 252 g/mol. The molecule has 0 aliphatic rings. The Morgan fingerprint density at radius 1 is 1.06 bits per heavy atom. The quantitative estimate of drug-likeness (QED) is 0.537. The highest BCUT2D eigenvalue weighted by atomic mass is 32.2. The van der Waals surface area contributed by atoms with Gasteiger partial charge >= 0.3 is 0 Å². The van der Waals surface area contributed by atoms with E-state index in [0.29, 0.717) is 5.39 Å². The zero-order chi connectivity index (χ0) is 13.9. The van der Waals surface area contributed by atoms with Crippen molar-refractivity contribution in [3.05, 3.63) is 35.9 Å². The van der Waals surface area contributed by atoms with Gasteiger partial charge in [0.15, 0.2) is 0 Å². The molecule has 0 radical (unpaired) electrons. The number of aryl methyl sites for hydroxylation is 1. The lowest BCUT2D eigenvalue weighted by Gasteiger charge is -2.08. The largest absolute Gasteiger partial charge is 0.398 e. The van der Waals surface area contributed by atoms with Crippen molar-refractivity contribution in [2.45, 2.75) is 11.8 Å². The molecule has 0 unspecified atom stereocenters. The molecule has 0 saturated heterocycles. The van der Waals surface area contributed by atoms with E-state index in [-0.39, 0.29) is 10.6 Å². The molecule has 2 aromatic rings. The van der Waals surface area contributed by atoms with E-state index in [1.165, 1.54) is 13.1 Å². The van der Waals surface area contributed by atoms with Crippen molar-refractivity contribution < 1.29 is 13.0 Å². The fourth-order valence-corrected chi connectivity index (χ4v) is 2.61. The van der Waals surface area contributed by atoms with Crippen LogP contribution in [0.5, 0.6) is 0 Å². The Balaban J connectivity index is 0.000000771. The Labute approximate surface area is 106 Å². The molecule has 0 bridgehead atoms. The Morgan fingerprint density at radius 2 is 1.67 bits per heavy atom. The van der Waals surface area contributed by atoms with Crippen LogP contribution in [0.25, 0.3) is 10.8 Å². The molecule has 0 heterocycles. The van der Waals surface area contributed by atoms with Crippen LogP contribution in [0.3, 0.4) is 0 Å². The summed E-state index contributed by atoms with van der Waals surface area (Å²) in [5, 5.41) is 1.21. The summed E-state index contributed by atoms with van der Waals surface area (Å²) in [4.78, 5) is -0.214. The summed E-state index contributed by atoms with van der Waals surface area (Å²) in [7, 11) is -2.80. The highest BCUT2D eigenvalue weighted by Crippen LogP contribution is 2.29. The average Bonchev–Trinajstić information content (AvgIpc) is 2.30. The summed E-state index contributed by atoms with van der Waals surface area (Å²) in [6, 6.07) is 8.45. The summed E-state index contributed by atoms with van der Waals surface area (Å²) in [5.74, 6) is 0. The van der Waals surface area contributed by atoms with Crippen molar-refractivity contribution in [3.8, 4) is 0 Å². The minimum absolute atomic E-state index is 0.0561. The van der Waals surface area contributed by atoms with Crippen molar-refractivity contribution in [2.75, 3.05) is 12.8 Å². The zero-order valence-electron chi connectivity index (χ0n) is 10.2. The van der Waals surface area contributed by atoms with Gasteiger partial charge in [-0.05, 0) is 31.0 Å². The van der Waals surface area contributed by atoms with Gasteiger partial charge in [-0.15, -0.1) is 0 Å². The molecule has 0 aliphatic heterocycles. The van der Waals surface area contributed by atoms with Crippen molar-refractivity contribution >= 4 is 26.6 Å². The van der Waals surface area contributed by atoms with Crippen LogP contribution in [0, 0.1) is 6.92 Å². The van der Waals surface area contributed by atoms with Gasteiger partial charge in [0.05, 0.1) is 5.69 Å². The minimum Gasteiger partial charge on any atom is -0.398 e. The number of nitrogen functional groups attached to an aromatic ring is 1. The monoisotopic (exact) mass is 268 g/mol. The first-order valence-corrected chi connectivity index (χ1v) is 6.68. The van der Waals surface area contributed by atoms with Crippen LogP contribution < -0.4 is 11.5 Å². The van der Waals surface area contributed by atoms with Gasteiger partial charge in [-0.3, -0.25) is 4.55 Å². The molecule has 5 nitrogen and oxygen atoms in total. The first-order valence-electron chi connectivity index (χ1n) is 5.24. The maximum absolute atomic E-state index is 11.3.